The number of nitrogens with two attached hydrogens (primary N) is 1. The second-order valence-electron chi connectivity index (χ2n) is 7.60. The summed E-state index contributed by atoms with van der Waals surface area (Å²) < 4.78 is 0. The van der Waals surface area contributed by atoms with E-state index in [0.717, 1.165) is 51.4 Å². The Morgan fingerprint density at radius 3 is 2.22 bits per heavy atom. The van der Waals surface area contributed by atoms with Gasteiger partial charge in [0.2, 0.25) is 5.91 Å². The topological polar surface area (TPSA) is 49.6 Å². The van der Waals surface area contributed by atoms with Crippen LogP contribution < -0.4 is 5.73 Å². The lowest BCUT2D eigenvalue weighted by atomic mass is 9.84. The SMILES string of the molecule is CCN(CC)CC1CCN(C(=O)C(N)CC2CCCCC2)CC1. The lowest BCUT2D eigenvalue weighted by Gasteiger charge is -2.36. The van der Waals surface area contributed by atoms with Crippen LogP contribution in [-0.2, 0) is 4.79 Å². The van der Waals surface area contributed by atoms with Crippen molar-refractivity contribution in [2.45, 2.75) is 71.3 Å². The van der Waals surface area contributed by atoms with E-state index in [9.17, 15) is 4.79 Å². The minimum atomic E-state index is -0.266. The number of piperidine rings is 1. The van der Waals surface area contributed by atoms with Gasteiger partial charge in [0.05, 0.1) is 6.04 Å². The van der Waals surface area contributed by atoms with E-state index in [1.54, 1.807) is 0 Å². The standard InChI is InChI=1S/C19H37N3O/c1-3-21(4-2)15-17-10-12-22(13-11-17)19(23)18(20)14-16-8-6-5-7-9-16/h16-18H,3-15,20H2,1-2H3. The molecule has 2 N–H and O–H groups in total. The third-order valence-corrected chi connectivity index (χ3v) is 5.97. The molecule has 1 heterocycles. The fraction of sp³-hybridized carbons (Fsp3) is 0.947. The Bertz CT molecular complexity index is 343. The van der Waals surface area contributed by atoms with Gasteiger partial charge in [-0.1, -0.05) is 46.0 Å². The van der Waals surface area contributed by atoms with Gasteiger partial charge < -0.3 is 15.5 Å². The molecule has 2 aliphatic rings. The molecule has 0 spiro atoms. The predicted molar refractivity (Wildman–Crippen MR) is 96.3 cm³/mol. The smallest absolute Gasteiger partial charge is 0.239 e. The van der Waals surface area contributed by atoms with E-state index in [-0.39, 0.29) is 11.9 Å². The number of carbonyl (C=O) groups excluding carboxylic acids is 1. The molecule has 0 radical (unpaired) electrons. The molecule has 23 heavy (non-hydrogen) atoms. The van der Waals surface area contributed by atoms with Crippen molar-refractivity contribution in [2.24, 2.45) is 17.6 Å². The molecule has 1 atom stereocenters. The second-order valence-corrected chi connectivity index (χ2v) is 7.60. The van der Waals surface area contributed by atoms with E-state index < -0.39 is 0 Å². The first-order chi connectivity index (χ1) is 11.1. The maximum atomic E-state index is 12.6. The van der Waals surface area contributed by atoms with Crippen LogP contribution in [0.4, 0.5) is 0 Å². The highest BCUT2D eigenvalue weighted by atomic mass is 16.2. The molecule has 1 saturated heterocycles. The Morgan fingerprint density at radius 1 is 1.04 bits per heavy atom. The largest absolute Gasteiger partial charge is 0.341 e. The van der Waals surface area contributed by atoms with E-state index in [4.69, 9.17) is 5.73 Å². The second kappa shape index (κ2) is 9.63. The van der Waals surface area contributed by atoms with Crippen molar-refractivity contribution in [3.8, 4) is 0 Å². The summed E-state index contributed by atoms with van der Waals surface area (Å²) in [6, 6.07) is -0.266. The molecule has 4 nitrogen and oxygen atoms in total. The van der Waals surface area contributed by atoms with Gasteiger partial charge in [-0.05, 0) is 44.2 Å². The normalized spacial score (nSPS) is 22.5. The quantitative estimate of drug-likeness (QED) is 0.784. The van der Waals surface area contributed by atoms with Gasteiger partial charge in [0.15, 0.2) is 0 Å². The molecule has 2 fully saturated rings. The molecule has 0 aromatic heterocycles. The van der Waals surface area contributed by atoms with Crippen molar-refractivity contribution in [3.63, 3.8) is 0 Å². The summed E-state index contributed by atoms with van der Waals surface area (Å²) in [6.07, 6.45) is 9.72. The molecule has 0 aromatic rings. The summed E-state index contributed by atoms with van der Waals surface area (Å²) in [6.45, 7) is 9.71. The summed E-state index contributed by atoms with van der Waals surface area (Å²) >= 11 is 0. The first-order valence-corrected chi connectivity index (χ1v) is 9.90. The lowest BCUT2D eigenvalue weighted by Crippen LogP contribution is -2.48. The molecule has 1 unspecified atom stereocenters. The van der Waals surface area contributed by atoms with Crippen molar-refractivity contribution < 1.29 is 4.79 Å². The monoisotopic (exact) mass is 323 g/mol. The van der Waals surface area contributed by atoms with Gasteiger partial charge in [0.25, 0.3) is 0 Å². The first kappa shape index (κ1) is 18.7. The van der Waals surface area contributed by atoms with Gasteiger partial charge >= 0.3 is 0 Å². The first-order valence-electron chi connectivity index (χ1n) is 9.90. The lowest BCUT2D eigenvalue weighted by molar-refractivity contribution is -0.134. The van der Waals surface area contributed by atoms with Gasteiger partial charge in [-0.25, -0.2) is 0 Å². The summed E-state index contributed by atoms with van der Waals surface area (Å²) in [4.78, 5) is 17.1. The van der Waals surface area contributed by atoms with E-state index in [2.05, 4.69) is 18.7 Å². The average molecular weight is 324 g/mol. The Hall–Kier alpha value is -0.610. The minimum absolute atomic E-state index is 0.205. The summed E-state index contributed by atoms with van der Waals surface area (Å²) in [5.41, 5.74) is 6.24. The summed E-state index contributed by atoms with van der Waals surface area (Å²) in [7, 11) is 0. The maximum absolute atomic E-state index is 12.6. The highest BCUT2D eigenvalue weighted by molar-refractivity contribution is 5.81. The van der Waals surface area contributed by atoms with Crippen LogP contribution in [0.15, 0.2) is 0 Å². The maximum Gasteiger partial charge on any atom is 0.239 e. The number of hydrogen-bond donors (Lipinski definition) is 1. The van der Waals surface area contributed by atoms with Crippen molar-refractivity contribution in [1.29, 1.82) is 0 Å². The van der Waals surface area contributed by atoms with Crippen LogP contribution in [0, 0.1) is 11.8 Å². The Labute approximate surface area is 142 Å². The van der Waals surface area contributed by atoms with E-state index in [0.29, 0.717) is 5.92 Å². The van der Waals surface area contributed by atoms with Crippen LogP contribution in [0.2, 0.25) is 0 Å². The summed E-state index contributed by atoms with van der Waals surface area (Å²) in [5, 5.41) is 0. The zero-order valence-corrected chi connectivity index (χ0v) is 15.3. The molecule has 1 aliphatic heterocycles. The number of likely N-dealkylation sites (tertiary alicyclic amines) is 1. The van der Waals surface area contributed by atoms with Crippen LogP contribution >= 0.6 is 0 Å². The van der Waals surface area contributed by atoms with Crippen molar-refractivity contribution in [2.75, 3.05) is 32.7 Å². The van der Waals surface area contributed by atoms with Crippen LogP contribution in [0.1, 0.15) is 65.2 Å². The fourth-order valence-electron chi connectivity index (χ4n) is 4.30. The molecular weight excluding hydrogens is 286 g/mol. The van der Waals surface area contributed by atoms with E-state index in [1.807, 2.05) is 4.90 Å². The molecule has 0 aromatic carbocycles. The molecule has 1 saturated carbocycles. The minimum Gasteiger partial charge on any atom is -0.341 e. The number of amides is 1. The van der Waals surface area contributed by atoms with Crippen LogP contribution in [0.3, 0.4) is 0 Å². The van der Waals surface area contributed by atoms with Gasteiger partial charge in [0, 0.05) is 19.6 Å². The fourth-order valence-corrected chi connectivity index (χ4v) is 4.30. The number of hydrogen-bond acceptors (Lipinski definition) is 3. The molecule has 134 valence electrons. The molecule has 2 rings (SSSR count). The van der Waals surface area contributed by atoms with Gasteiger partial charge in [-0.2, -0.15) is 0 Å². The zero-order chi connectivity index (χ0) is 16.7. The molecule has 4 heteroatoms. The average Bonchev–Trinajstić information content (AvgIpc) is 2.60. The van der Waals surface area contributed by atoms with E-state index in [1.165, 1.54) is 38.6 Å². The number of carbonyl (C=O) groups is 1. The molecular formula is C19H37N3O. The highest BCUT2D eigenvalue weighted by Gasteiger charge is 2.28. The third-order valence-electron chi connectivity index (χ3n) is 5.97. The Balaban J connectivity index is 1.72. The van der Waals surface area contributed by atoms with Crippen LogP contribution in [0.25, 0.3) is 0 Å². The van der Waals surface area contributed by atoms with Crippen molar-refractivity contribution in [1.82, 2.24) is 9.80 Å². The highest BCUT2D eigenvalue weighted by Crippen LogP contribution is 2.27. The van der Waals surface area contributed by atoms with Crippen LogP contribution in [-0.4, -0.2) is 54.5 Å². The van der Waals surface area contributed by atoms with E-state index >= 15 is 0 Å². The zero-order valence-electron chi connectivity index (χ0n) is 15.3. The molecule has 1 aliphatic carbocycles. The number of rotatable bonds is 7. The molecule has 0 bridgehead atoms. The summed E-state index contributed by atoms with van der Waals surface area (Å²) in [5.74, 6) is 1.63. The Kier molecular flexibility index (Phi) is 7.84. The Morgan fingerprint density at radius 2 is 1.65 bits per heavy atom. The molecule has 1 amide bonds. The van der Waals surface area contributed by atoms with Crippen molar-refractivity contribution >= 4 is 5.91 Å². The van der Waals surface area contributed by atoms with Gasteiger partial charge in [-0.3, -0.25) is 4.79 Å². The number of nitrogens with zero attached hydrogens (tertiary/aromatic N) is 2. The van der Waals surface area contributed by atoms with Crippen molar-refractivity contribution in [3.05, 3.63) is 0 Å². The van der Waals surface area contributed by atoms with Gasteiger partial charge in [-0.15, -0.1) is 0 Å². The van der Waals surface area contributed by atoms with Gasteiger partial charge in [0.1, 0.15) is 0 Å². The third kappa shape index (κ3) is 5.75. The van der Waals surface area contributed by atoms with Crippen LogP contribution in [0.5, 0.6) is 0 Å². The predicted octanol–water partition coefficient (Wildman–Crippen LogP) is 2.86.